The van der Waals surface area contributed by atoms with Crippen LogP contribution in [0.3, 0.4) is 0 Å². The Bertz CT molecular complexity index is 1820. The van der Waals surface area contributed by atoms with E-state index in [1.54, 1.807) is 23.5 Å². The minimum absolute atomic E-state index is 0.000635. The Balaban J connectivity index is 0.000000208. The lowest BCUT2D eigenvalue weighted by atomic mass is 9.49. The number of furan rings is 1. The van der Waals surface area contributed by atoms with Crippen LogP contribution in [0.2, 0.25) is 0 Å². The van der Waals surface area contributed by atoms with E-state index in [2.05, 4.69) is 59.7 Å². The summed E-state index contributed by atoms with van der Waals surface area (Å²) >= 11 is 4.45. The number of rotatable bonds is 4. The molecular formula is C35H47B3F2N2O8S. The molecular weight excluding hydrogens is 679 g/mol. The summed E-state index contributed by atoms with van der Waals surface area (Å²) in [6.07, 6.45) is 1.82. The number of hydrogen-bond donors (Lipinski definition) is 2. The van der Waals surface area contributed by atoms with Gasteiger partial charge in [-0.15, -0.1) is 0 Å². The van der Waals surface area contributed by atoms with E-state index >= 15 is 0 Å². The van der Waals surface area contributed by atoms with Crippen LogP contribution < -0.4 is 15.1 Å². The predicted molar refractivity (Wildman–Crippen MR) is 198 cm³/mol. The summed E-state index contributed by atoms with van der Waals surface area (Å²) in [6, 6.07) is 6.54. The number of benzene rings is 2. The van der Waals surface area contributed by atoms with Crippen LogP contribution in [0.5, 0.6) is 0 Å². The van der Waals surface area contributed by atoms with Crippen molar-refractivity contribution >= 4 is 62.0 Å². The summed E-state index contributed by atoms with van der Waals surface area (Å²) in [5.74, 6) is -2.03. The zero-order chi connectivity index (χ0) is 37.7. The summed E-state index contributed by atoms with van der Waals surface area (Å²) in [6.45, 7) is 20.4. The Hall–Kier alpha value is -2.59. The third kappa shape index (κ3) is 6.32. The Morgan fingerprint density at radius 3 is 1.78 bits per heavy atom. The third-order valence-corrected chi connectivity index (χ3v) is 12.0. The van der Waals surface area contributed by atoms with Crippen LogP contribution in [0.15, 0.2) is 34.7 Å². The number of fused-ring (bicyclic) bond motifs is 6. The zero-order valence-electron chi connectivity index (χ0n) is 31.4. The second kappa shape index (κ2) is 12.5. The number of nitrogens with zero attached hydrogens (tertiary/aromatic N) is 1. The molecule has 5 heterocycles. The summed E-state index contributed by atoms with van der Waals surface area (Å²) in [7, 11) is 1.62. The van der Waals surface area contributed by atoms with Crippen LogP contribution in [0.1, 0.15) is 92.4 Å². The van der Waals surface area contributed by atoms with Gasteiger partial charge in [-0.05, 0) is 100 Å². The van der Waals surface area contributed by atoms with E-state index in [1.807, 2.05) is 27.7 Å². The second-order valence-electron chi connectivity index (χ2n) is 16.2. The van der Waals surface area contributed by atoms with Crippen LogP contribution in [-0.4, -0.2) is 74.7 Å². The first kappa shape index (κ1) is 38.1. The topological polar surface area (TPSA) is 101 Å². The highest BCUT2D eigenvalue weighted by molar-refractivity contribution is 7.81. The number of hydrogen-bond acceptors (Lipinski definition) is 10. The van der Waals surface area contributed by atoms with Crippen molar-refractivity contribution in [1.82, 2.24) is 5.32 Å². The lowest BCUT2D eigenvalue weighted by molar-refractivity contribution is -0.0578. The smallest absolute Gasteiger partial charge is 0.455 e. The average molecular weight is 726 g/mol. The Morgan fingerprint density at radius 1 is 0.784 bits per heavy atom. The van der Waals surface area contributed by atoms with Crippen molar-refractivity contribution < 1.29 is 45.9 Å². The number of amides is 1. The summed E-state index contributed by atoms with van der Waals surface area (Å²) in [4.78, 5) is 12.9. The minimum Gasteiger partial charge on any atom is -0.455 e. The molecule has 1 N–H and O–H groups in total. The summed E-state index contributed by atoms with van der Waals surface area (Å²) < 4.78 is 72.4. The van der Waals surface area contributed by atoms with E-state index in [0.717, 1.165) is 25.0 Å². The maximum Gasteiger partial charge on any atom is 0.497 e. The first-order valence-corrected chi connectivity index (χ1v) is 17.6. The second-order valence-corrected chi connectivity index (χ2v) is 16.8. The maximum atomic E-state index is 14.6. The lowest BCUT2D eigenvalue weighted by Crippen LogP contribution is -2.50. The molecule has 0 saturated carbocycles. The predicted octanol–water partition coefficient (Wildman–Crippen LogP) is 6.32. The fourth-order valence-electron chi connectivity index (χ4n) is 6.90. The highest BCUT2D eigenvalue weighted by Gasteiger charge is 2.68. The molecule has 16 heteroatoms. The largest absolute Gasteiger partial charge is 0.497 e. The monoisotopic (exact) mass is 726 g/mol. The van der Waals surface area contributed by atoms with E-state index < -0.39 is 49.9 Å². The molecule has 0 aliphatic carbocycles. The fraction of sp³-hybridized carbons (Fsp3) is 0.571. The zero-order valence-corrected chi connectivity index (χ0v) is 32.3. The number of anilines is 1. The fourth-order valence-corrected chi connectivity index (χ4v) is 7.07. The van der Waals surface area contributed by atoms with Gasteiger partial charge < -0.3 is 42.0 Å². The van der Waals surface area contributed by atoms with Gasteiger partial charge in [-0.1, -0.05) is 12.8 Å². The van der Waals surface area contributed by atoms with Gasteiger partial charge >= 0.3 is 21.1 Å². The standard InChI is InChI=1S/C23H25BF2N2O4S.C12H22B2O4/c1-22(2)23(3,4)32-24(31-22)15-10-14-18(11-17(15)28(6)33)30-20(19(14)21(29)27-5)13-8-7-12(25)9-16(13)26;1-9(2)11(5)7-8-12(6)10(3,4)16-14(18-12)13(15-9)17-11/h7-11,33H,1-6H3,(H,27,29);7-8H2,1-6H3. The Kier molecular flexibility index (Phi) is 9.35. The molecule has 4 saturated heterocycles. The SMILES string of the molecule is CC1(C)OB2OC1(C)CCC1(C)OB2OC1(C)C.CNC(=O)c1c(-c2ccc(F)cc2F)oc2cc(N(C)S)c(B3OC(C)(C)C(C)(C)O3)cc12. The summed E-state index contributed by atoms with van der Waals surface area (Å²) in [5, 5.41) is 3.01. The van der Waals surface area contributed by atoms with Gasteiger partial charge in [-0.2, -0.15) is 0 Å². The van der Waals surface area contributed by atoms with Crippen LogP contribution in [-0.2, 0) is 27.9 Å². The number of carbonyl (C=O) groups is 1. The Morgan fingerprint density at radius 2 is 1.31 bits per heavy atom. The van der Waals surface area contributed by atoms with Gasteiger partial charge in [0.05, 0.1) is 44.7 Å². The highest BCUT2D eigenvalue weighted by atomic mass is 32.1. The van der Waals surface area contributed by atoms with Crippen molar-refractivity contribution in [2.24, 2.45) is 0 Å². The molecule has 0 spiro atoms. The van der Waals surface area contributed by atoms with Gasteiger partial charge in [-0.25, -0.2) is 8.78 Å². The molecule has 4 fully saturated rings. The third-order valence-electron chi connectivity index (χ3n) is 11.7. The van der Waals surface area contributed by atoms with Gasteiger partial charge in [0, 0.05) is 42.8 Å². The van der Waals surface area contributed by atoms with Gasteiger partial charge in [0.25, 0.3) is 5.91 Å². The van der Waals surface area contributed by atoms with Gasteiger partial charge in [-0.3, -0.25) is 4.79 Å². The molecule has 10 nitrogen and oxygen atoms in total. The number of halogens is 2. The first-order chi connectivity index (χ1) is 23.4. The molecule has 2 aromatic carbocycles. The van der Waals surface area contributed by atoms with Crippen LogP contribution in [0, 0.1) is 11.6 Å². The van der Waals surface area contributed by atoms with Gasteiger partial charge in [0.1, 0.15) is 17.2 Å². The number of nitrogens with one attached hydrogen (secondary N) is 1. The molecule has 1 amide bonds. The first-order valence-electron chi connectivity index (χ1n) is 17.2. The van der Waals surface area contributed by atoms with E-state index in [1.165, 1.54) is 13.1 Å². The quantitative estimate of drug-likeness (QED) is 0.237. The van der Waals surface area contributed by atoms with Crippen molar-refractivity contribution in [3.8, 4) is 11.3 Å². The van der Waals surface area contributed by atoms with E-state index in [9.17, 15) is 13.6 Å². The molecule has 7 rings (SSSR count). The van der Waals surface area contributed by atoms with E-state index in [4.69, 9.17) is 32.3 Å². The average Bonchev–Trinajstić information content (AvgIpc) is 3.66. The van der Waals surface area contributed by atoms with Crippen molar-refractivity contribution in [2.45, 2.75) is 116 Å². The molecule has 2 unspecified atom stereocenters. The number of thiol groups is 1. The lowest BCUT2D eigenvalue weighted by Gasteiger charge is -2.42. The molecule has 274 valence electrons. The molecule has 0 radical (unpaired) electrons. The van der Waals surface area contributed by atoms with Crippen LogP contribution >= 0.6 is 12.8 Å². The van der Waals surface area contributed by atoms with Crippen molar-refractivity contribution in [3.05, 3.63) is 47.5 Å². The van der Waals surface area contributed by atoms with E-state index in [0.29, 0.717) is 22.1 Å². The molecule has 2 atom stereocenters. The molecule has 1 aromatic heterocycles. The van der Waals surface area contributed by atoms with Crippen molar-refractivity contribution in [1.29, 1.82) is 0 Å². The maximum absolute atomic E-state index is 14.6. The molecule has 51 heavy (non-hydrogen) atoms. The minimum atomic E-state index is -0.836. The normalized spacial score (nSPS) is 26.8. The van der Waals surface area contributed by atoms with Crippen LogP contribution in [0.25, 0.3) is 22.3 Å². The van der Waals surface area contributed by atoms with Crippen molar-refractivity contribution in [3.63, 3.8) is 0 Å². The Labute approximate surface area is 305 Å². The highest BCUT2D eigenvalue weighted by Crippen LogP contribution is 2.51. The molecule has 3 aromatic rings. The summed E-state index contributed by atoms with van der Waals surface area (Å²) in [5.41, 5.74) is -0.622. The molecule has 4 aliphatic rings. The number of carbonyl (C=O) groups excluding carboxylic acids is 1. The van der Waals surface area contributed by atoms with Crippen molar-refractivity contribution in [2.75, 3.05) is 18.4 Å². The van der Waals surface area contributed by atoms with Gasteiger partial charge in [0.2, 0.25) is 0 Å². The van der Waals surface area contributed by atoms with Crippen LogP contribution in [0.4, 0.5) is 14.5 Å². The molecule has 4 bridgehead atoms. The molecule has 4 aliphatic heterocycles. The van der Waals surface area contributed by atoms with E-state index in [-0.39, 0.29) is 39.3 Å². The van der Waals surface area contributed by atoms with Gasteiger partial charge in [0.15, 0.2) is 5.76 Å².